The molecule has 2 heterocycles. The van der Waals surface area contributed by atoms with Gasteiger partial charge in [0.05, 0.1) is 0 Å². The predicted octanol–water partition coefficient (Wildman–Crippen LogP) is 2.49. The Morgan fingerprint density at radius 1 is 1.33 bits per heavy atom. The zero-order chi connectivity index (χ0) is 10.1. The van der Waals surface area contributed by atoms with Crippen molar-refractivity contribution in [1.82, 2.24) is 15.2 Å². The standard InChI is InChI=1S/C10H12N4S/c1-2-4-8-7(3-1)9(14-13-8)12-10-11-5-6-15-10/h5-6H,1-4H2,(H2,11,12,13,14). The summed E-state index contributed by atoms with van der Waals surface area (Å²) in [4.78, 5) is 4.19. The van der Waals surface area contributed by atoms with Crippen LogP contribution < -0.4 is 5.32 Å². The van der Waals surface area contributed by atoms with Crippen LogP contribution in [0.1, 0.15) is 24.1 Å². The normalized spacial score (nSPS) is 14.9. The molecule has 0 radical (unpaired) electrons. The summed E-state index contributed by atoms with van der Waals surface area (Å²) < 4.78 is 0. The molecule has 78 valence electrons. The fourth-order valence-electron chi connectivity index (χ4n) is 1.97. The molecule has 0 aliphatic heterocycles. The molecule has 0 saturated heterocycles. The van der Waals surface area contributed by atoms with Crippen LogP contribution in [0.5, 0.6) is 0 Å². The average molecular weight is 220 g/mol. The van der Waals surface area contributed by atoms with Gasteiger partial charge in [0.1, 0.15) is 0 Å². The van der Waals surface area contributed by atoms with E-state index in [1.54, 1.807) is 17.5 Å². The van der Waals surface area contributed by atoms with Gasteiger partial charge in [0.2, 0.25) is 0 Å². The van der Waals surface area contributed by atoms with Gasteiger partial charge in [-0.05, 0) is 25.7 Å². The van der Waals surface area contributed by atoms with E-state index in [0.717, 1.165) is 23.8 Å². The summed E-state index contributed by atoms with van der Waals surface area (Å²) >= 11 is 1.60. The monoisotopic (exact) mass is 220 g/mol. The second-order valence-electron chi connectivity index (χ2n) is 3.70. The van der Waals surface area contributed by atoms with E-state index in [0.29, 0.717) is 0 Å². The van der Waals surface area contributed by atoms with Gasteiger partial charge in [-0.3, -0.25) is 5.10 Å². The minimum atomic E-state index is 0.912. The molecule has 2 N–H and O–H groups in total. The average Bonchev–Trinajstić information content (AvgIpc) is 2.89. The van der Waals surface area contributed by atoms with E-state index in [9.17, 15) is 0 Å². The van der Waals surface area contributed by atoms with Crippen LogP contribution in [0, 0.1) is 0 Å². The Labute approximate surface area is 91.7 Å². The number of fused-ring (bicyclic) bond motifs is 1. The van der Waals surface area contributed by atoms with E-state index in [4.69, 9.17) is 0 Å². The number of thiazole rings is 1. The number of hydrogen-bond acceptors (Lipinski definition) is 4. The quantitative estimate of drug-likeness (QED) is 0.817. The Bertz CT molecular complexity index is 446. The third-order valence-corrected chi connectivity index (χ3v) is 3.40. The highest BCUT2D eigenvalue weighted by Crippen LogP contribution is 2.28. The molecule has 1 aliphatic carbocycles. The number of nitrogens with one attached hydrogen (secondary N) is 2. The van der Waals surface area contributed by atoms with Gasteiger partial charge < -0.3 is 5.32 Å². The van der Waals surface area contributed by atoms with E-state index in [1.165, 1.54) is 24.1 Å². The van der Waals surface area contributed by atoms with Crippen molar-refractivity contribution in [3.63, 3.8) is 0 Å². The maximum Gasteiger partial charge on any atom is 0.188 e. The Morgan fingerprint density at radius 2 is 2.27 bits per heavy atom. The Hall–Kier alpha value is -1.36. The van der Waals surface area contributed by atoms with Crippen LogP contribution in [0.15, 0.2) is 11.6 Å². The fraction of sp³-hybridized carbons (Fsp3) is 0.400. The molecule has 2 aromatic rings. The first-order valence-electron chi connectivity index (χ1n) is 5.16. The minimum absolute atomic E-state index is 0.912. The lowest BCUT2D eigenvalue weighted by Crippen LogP contribution is -2.02. The number of nitrogens with zero attached hydrogens (tertiary/aromatic N) is 2. The van der Waals surface area contributed by atoms with Crippen LogP contribution in [-0.2, 0) is 12.8 Å². The van der Waals surface area contributed by atoms with Crippen molar-refractivity contribution < 1.29 is 0 Å². The summed E-state index contributed by atoms with van der Waals surface area (Å²) in [6.07, 6.45) is 6.58. The molecule has 5 heteroatoms. The minimum Gasteiger partial charge on any atom is -0.315 e. The SMILES string of the molecule is c1csc(Nc2n[nH]c3c2CCCC3)n1. The smallest absolute Gasteiger partial charge is 0.188 e. The summed E-state index contributed by atoms with van der Waals surface area (Å²) in [5.41, 5.74) is 2.64. The van der Waals surface area contributed by atoms with Crippen molar-refractivity contribution in [2.75, 3.05) is 5.32 Å². The van der Waals surface area contributed by atoms with E-state index in [1.807, 2.05) is 5.38 Å². The van der Waals surface area contributed by atoms with E-state index in [2.05, 4.69) is 20.5 Å². The zero-order valence-electron chi connectivity index (χ0n) is 8.29. The number of aryl methyl sites for hydroxylation is 1. The van der Waals surface area contributed by atoms with Gasteiger partial charge in [0, 0.05) is 22.8 Å². The Morgan fingerprint density at radius 3 is 3.13 bits per heavy atom. The molecule has 15 heavy (non-hydrogen) atoms. The van der Waals surface area contributed by atoms with Gasteiger partial charge >= 0.3 is 0 Å². The summed E-state index contributed by atoms with van der Waals surface area (Å²) in [5.74, 6) is 0.958. The van der Waals surface area contributed by atoms with Gasteiger partial charge in [-0.25, -0.2) is 4.98 Å². The van der Waals surface area contributed by atoms with Crippen LogP contribution in [0.4, 0.5) is 10.9 Å². The molecule has 0 amide bonds. The largest absolute Gasteiger partial charge is 0.315 e. The molecule has 1 aliphatic rings. The number of aromatic nitrogens is 3. The lowest BCUT2D eigenvalue weighted by atomic mass is 9.98. The highest BCUT2D eigenvalue weighted by Gasteiger charge is 2.16. The van der Waals surface area contributed by atoms with E-state index in [-0.39, 0.29) is 0 Å². The molecule has 0 unspecified atom stereocenters. The first-order valence-corrected chi connectivity index (χ1v) is 6.04. The molecule has 0 atom stereocenters. The number of rotatable bonds is 2. The maximum atomic E-state index is 4.30. The van der Waals surface area contributed by atoms with Crippen LogP contribution >= 0.6 is 11.3 Å². The van der Waals surface area contributed by atoms with Crippen molar-refractivity contribution in [3.05, 3.63) is 22.8 Å². The molecule has 0 saturated carbocycles. The zero-order valence-corrected chi connectivity index (χ0v) is 9.10. The molecular weight excluding hydrogens is 208 g/mol. The Kier molecular flexibility index (Phi) is 2.17. The van der Waals surface area contributed by atoms with Crippen molar-refractivity contribution in [3.8, 4) is 0 Å². The van der Waals surface area contributed by atoms with E-state index >= 15 is 0 Å². The topological polar surface area (TPSA) is 53.6 Å². The van der Waals surface area contributed by atoms with Crippen molar-refractivity contribution >= 4 is 22.3 Å². The second kappa shape index (κ2) is 3.66. The lowest BCUT2D eigenvalue weighted by Gasteiger charge is -2.10. The third-order valence-electron chi connectivity index (χ3n) is 2.71. The van der Waals surface area contributed by atoms with Gasteiger partial charge in [0.25, 0.3) is 0 Å². The van der Waals surface area contributed by atoms with Gasteiger partial charge in [-0.15, -0.1) is 11.3 Å². The molecule has 0 aromatic carbocycles. The molecule has 4 nitrogen and oxygen atoms in total. The van der Waals surface area contributed by atoms with Gasteiger partial charge in [-0.2, -0.15) is 5.10 Å². The highest BCUT2D eigenvalue weighted by atomic mass is 32.1. The van der Waals surface area contributed by atoms with Gasteiger partial charge in [-0.1, -0.05) is 0 Å². The van der Waals surface area contributed by atoms with Gasteiger partial charge in [0.15, 0.2) is 10.9 Å². The lowest BCUT2D eigenvalue weighted by molar-refractivity contribution is 0.675. The van der Waals surface area contributed by atoms with Crippen molar-refractivity contribution in [2.45, 2.75) is 25.7 Å². The van der Waals surface area contributed by atoms with E-state index < -0.39 is 0 Å². The summed E-state index contributed by atoms with van der Waals surface area (Å²) in [7, 11) is 0. The number of hydrogen-bond donors (Lipinski definition) is 2. The summed E-state index contributed by atoms with van der Waals surface area (Å²) in [5, 5.41) is 13.5. The Balaban J connectivity index is 1.89. The van der Waals surface area contributed by atoms with Crippen LogP contribution in [0.3, 0.4) is 0 Å². The molecule has 0 fully saturated rings. The first-order chi connectivity index (χ1) is 7.43. The number of H-pyrrole nitrogens is 1. The van der Waals surface area contributed by atoms with Crippen LogP contribution in [0.2, 0.25) is 0 Å². The molecule has 0 spiro atoms. The number of anilines is 2. The molecule has 3 rings (SSSR count). The highest BCUT2D eigenvalue weighted by molar-refractivity contribution is 7.13. The van der Waals surface area contributed by atoms with Crippen molar-refractivity contribution in [1.29, 1.82) is 0 Å². The van der Waals surface area contributed by atoms with Crippen LogP contribution in [-0.4, -0.2) is 15.2 Å². The molecular formula is C10H12N4S. The maximum absolute atomic E-state index is 4.30. The molecule has 2 aromatic heterocycles. The van der Waals surface area contributed by atoms with Crippen molar-refractivity contribution in [2.24, 2.45) is 0 Å². The number of aromatic amines is 1. The summed E-state index contributed by atoms with van der Waals surface area (Å²) in [6, 6.07) is 0. The summed E-state index contributed by atoms with van der Waals surface area (Å²) in [6.45, 7) is 0. The predicted molar refractivity (Wildman–Crippen MR) is 60.6 cm³/mol. The fourth-order valence-corrected chi connectivity index (χ4v) is 2.50. The first kappa shape index (κ1) is 8.91. The third kappa shape index (κ3) is 1.63. The molecule has 0 bridgehead atoms. The second-order valence-corrected chi connectivity index (χ2v) is 4.59. The van der Waals surface area contributed by atoms with Crippen LogP contribution in [0.25, 0.3) is 0 Å².